The molecular formula is C15H13NO2. The zero-order valence-electron chi connectivity index (χ0n) is 10.1. The average Bonchev–Trinajstić information content (AvgIpc) is 2.65. The number of ketones is 1. The van der Waals surface area contributed by atoms with Gasteiger partial charge in [-0.25, -0.2) is 0 Å². The number of carbonyl (C=O) groups is 2. The number of Topliss-reactive ketones (excluding diaryl/α,β-unsaturated/α-hetero) is 1. The van der Waals surface area contributed by atoms with Crippen LogP contribution in [0.1, 0.15) is 29.3 Å². The van der Waals surface area contributed by atoms with Crippen LogP contribution in [-0.2, 0) is 4.79 Å². The van der Waals surface area contributed by atoms with E-state index in [1.54, 1.807) is 12.1 Å². The van der Waals surface area contributed by atoms with Gasteiger partial charge >= 0.3 is 0 Å². The maximum Gasteiger partial charge on any atom is 0.255 e. The average molecular weight is 239 g/mol. The number of terminal acetylenes is 1. The topological polar surface area (TPSA) is 46.2 Å². The molecule has 3 heteroatoms. The molecule has 0 saturated heterocycles. The summed E-state index contributed by atoms with van der Waals surface area (Å²) in [5.74, 6) is 1.93. The standard InChI is InChI=1S/C15H13NO2/c1-3-7-11-10-8-5-6-9-12(10)14(17)13(11)15(18)16-4-2/h1,5-6,8-9H,4,7H2,2H3,(H,16,18). The lowest BCUT2D eigenvalue weighted by atomic mass is 10.0. The summed E-state index contributed by atoms with van der Waals surface area (Å²) < 4.78 is 0. The van der Waals surface area contributed by atoms with E-state index in [-0.39, 0.29) is 23.7 Å². The fourth-order valence-corrected chi connectivity index (χ4v) is 2.13. The molecule has 90 valence electrons. The third-order valence-electron chi connectivity index (χ3n) is 2.87. The van der Waals surface area contributed by atoms with Crippen LogP contribution in [0.5, 0.6) is 0 Å². The van der Waals surface area contributed by atoms with Crippen molar-refractivity contribution in [2.45, 2.75) is 13.3 Å². The summed E-state index contributed by atoms with van der Waals surface area (Å²) in [6.07, 6.45) is 5.61. The predicted molar refractivity (Wildman–Crippen MR) is 69.8 cm³/mol. The second-order valence-corrected chi connectivity index (χ2v) is 3.97. The van der Waals surface area contributed by atoms with Crippen molar-refractivity contribution in [2.24, 2.45) is 0 Å². The molecule has 0 saturated carbocycles. The summed E-state index contributed by atoms with van der Waals surface area (Å²) in [4.78, 5) is 24.2. The minimum absolute atomic E-state index is 0.191. The zero-order chi connectivity index (χ0) is 13.1. The number of rotatable bonds is 3. The van der Waals surface area contributed by atoms with Gasteiger partial charge in [0.1, 0.15) is 0 Å². The van der Waals surface area contributed by atoms with Gasteiger partial charge in [0, 0.05) is 18.5 Å². The molecule has 3 nitrogen and oxygen atoms in total. The lowest BCUT2D eigenvalue weighted by Gasteiger charge is -2.04. The van der Waals surface area contributed by atoms with Crippen LogP contribution in [0.4, 0.5) is 0 Å². The number of hydrogen-bond acceptors (Lipinski definition) is 2. The molecule has 1 aromatic rings. The Morgan fingerprint density at radius 1 is 1.33 bits per heavy atom. The molecule has 0 aliphatic heterocycles. The van der Waals surface area contributed by atoms with Crippen molar-refractivity contribution in [3.8, 4) is 12.3 Å². The summed E-state index contributed by atoms with van der Waals surface area (Å²) in [6, 6.07) is 7.17. The van der Waals surface area contributed by atoms with E-state index in [9.17, 15) is 9.59 Å². The van der Waals surface area contributed by atoms with E-state index < -0.39 is 0 Å². The minimum Gasteiger partial charge on any atom is -0.352 e. The van der Waals surface area contributed by atoms with Gasteiger partial charge in [-0.1, -0.05) is 24.3 Å². The number of amides is 1. The Morgan fingerprint density at radius 2 is 2.00 bits per heavy atom. The van der Waals surface area contributed by atoms with Crippen LogP contribution in [-0.4, -0.2) is 18.2 Å². The van der Waals surface area contributed by atoms with Crippen LogP contribution < -0.4 is 5.32 Å². The van der Waals surface area contributed by atoms with E-state index in [0.29, 0.717) is 17.7 Å². The van der Waals surface area contributed by atoms with Gasteiger partial charge in [0.15, 0.2) is 5.78 Å². The van der Waals surface area contributed by atoms with E-state index in [2.05, 4.69) is 11.2 Å². The van der Waals surface area contributed by atoms with Crippen LogP contribution in [0.2, 0.25) is 0 Å². The van der Waals surface area contributed by atoms with Gasteiger partial charge in [-0.3, -0.25) is 9.59 Å². The van der Waals surface area contributed by atoms with Crippen LogP contribution in [0.3, 0.4) is 0 Å². The summed E-state index contributed by atoms with van der Waals surface area (Å²) in [5.41, 5.74) is 2.19. The molecule has 0 aromatic heterocycles. The smallest absolute Gasteiger partial charge is 0.255 e. The lowest BCUT2D eigenvalue weighted by molar-refractivity contribution is -0.117. The van der Waals surface area contributed by atoms with Gasteiger partial charge < -0.3 is 5.32 Å². The summed E-state index contributed by atoms with van der Waals surface area (Å²) >= 11 is 0. The third kappa shape index (κ3) is 1.82. The van der Waals surface area contributed by atoms with Crippen LogP contribution in [0, 0.1) is 12.3 Å². The number of nitrogens with one attached hydrogen (secondary N) is 1. The fraction of sp³-hybridized carbons (Fsp3) is 0.200. The largest absolute Gasteiger partial charge is 0.352 e. The minimum atomic E-state index is -0.344. The maximum absolute atomic E-state index is 12.2. The molecule has 2 rings (SSSR count). The van der Waals surface area contributed by atoms with E-state index in [1.165, 1.54) is 0 Å². The first-order chi connectivity index (χ1) is 8.70. The molecule has 0 fully saturated rings. The molecule has 0 bridgehead atoms. The van der Waals surface area contributed by atoms with Crippen molar-refractivity contribution >= 4 is 17.3 Å². The summed E-state index contributed by atoms with van der Waals surface area (Å²) in [6.45, 7) is 2.29. The highest BCUT2D eigenvalue weighted by molar-refractivity contribution is 6.34. The maximum atomic E-state index is 12.2. The van der Waals surface area contributed by atoms with Crippen LogP contribution in [0.25, 0.3) is 5.57 Å². The zero-order valence-corrected chi connectivity index (χ0v) is 10.1. The van der Waals surface area contributed by atoms with Crippen LogP contribution in [0.15, 0.2) is 29.8 Å². The number of fused-ring (bicyclic) bond motifs is 1. The number of benzene rings is 1. The monoisotopic (exact) mass is 239 g/mol. The van der Waals surface area contributed by atoms with Gasteiger partial charge in [-0.15, -0.1) is 12.3 Å². The van der Waals surface area contributed by atoms with Gasteiger partial charge in [-0.2, -0.15) is 0 Å². The molecule has 18 heavy (non-hydrogen) atoms. The molecule has 0 radical (unpaired) electrons. The Hall–Kier alpha value is -2.34. The number of carbonyl (C=O) groups excluding carboxylic acids is 2. The Balaban J connectivity index is 2.55. The predicted octanol–water partition coefficient (Wildman–Crippen LogP) is 1.80. The molecule has 1 amide bonds. The van der Waals surface area contributed by atoms with Crippen molar-refractivity contribution in [1.82, 2.24) is 5.32 Å². The van der Waals surface area contributed by atoms with Gasteiger partial charge in [0.2, 0.25) is 0 Å². The van der Waals surface area contributed by atoms with Crippen molar-refractivity contribution in [2.75, 3.05) is 6.54 Å². The molecular weight excluding hydrogens is 226 g/mol. The van der Waals surface area contributed by atoms with Crippen molar-refractivity contribution in [3.63, 3.8) is 0 Å². The molecule has 1 aliphatic rings. The fourth-order valence-electron chi connectivity index (χ4n) is 2.13. The molecule has 0 spiro atoms. The Bertz CT molecular complexity index is 591. The van der Waals surface area contributed by atoms with Gasteiger partial charge in [0.25, 0.3) is 5.91 Å². The molecule has 1 N–H and O–H groups in total. The highest BCUT2D eigenvalue weighted by Crippen LogP contribution is 2.34. The van der Waals surface area contributed by atoms with Gasteiger partial charge in [0.05, 0.1) is 5.57 Å². The second kappa shape index (κ2) is 4.89. The molecule has 1 aliphatic carbocycles. The first-order valence-electron chi connectivity index (χ1n) is 5.79. The lowest BCUT2D eigenvalue weighted by Crippen LogP contribution is -2.27. The van der Waals surface area contributed by atoms with E-state index in [0.717, 1.165) is 5.56 Å². The highest BCUT2D eigenvalue weighted by atomic mass is 16.2. The van der Waals surface area contributed by atoms with Crippen molar-refractivity contribution in [3.05, 3.63) is 41.0 Å². The Morgan fingerprint density at radius 3 is 2.61 bits per heavy atom. The van der Waals surface area contributed by atoms with Crippen LogP contribution >= 0.6 is 0 Å². The summed E-state index contributed by atoms with van der Waals surface area (Å²) in [7, 11) is 0. The first kappa shape index (κ1) is 12.1. The summed E-state index contributed by atoms with van der Waals surface area (Å²) in [5, 5.41) is 2.65. The second-order valence-electron chi connectivity index (χ2n) is 3.97. The van der Waals surface area contributed by atoms with Crippen molar-refractivity contribution < 1.29 is 9.59 Å². The number of allylic oxidation sites excluding steroid dienone is 1. The Labute approximate surface area is 106 Å². The SMILES string of the molecule is C#CCC1=C(C(=O)NCC)C(=O)c2ccccc21. The molecule has 0 atom stereocenters. The molecule has 1 aromatic carbocycles. The normalized spacial score (nSPS) is 13.2. The highest BCUT2D eigenvalue weighted by Gasteiger charge is 2.32. The Kier molecular flexibility index (Phi) is 3.29. The van der Waals surface area contributed by atoms with Crippen molar-refractivity contribution in [1.29, 1.82) is 0 Å². The van der Waals surface area contributed by atoms with E-state index in [4.69, 9.17) is 6.42 Å². The molecule has 0 heterocycles. The van der Waals surface area contributed by atoms with E-state index >= 15 is 0 Å². The van der Waals surface area contributed by atoms with Gasteiger partial charge in [-0.05, 0) is 18.1 Å². The number of likely N-dealkylation sites (N-methyl/N-ethyl adjacent to an activating group) is 1. The quantitative estimate of drug-likeness (QED) is 0.645. The first-order valence-corrected chi connectivity index (χ1v) is 5.79. The number of hydrogen-bond donors (Lipinski definition) is 1. The molecule has 0 unspecified atom stereocenters. The third-order valence-corrected chi connectivity index (χ3v) is 2.87. The van der Waals surface area contributed by atoms with E-state index in [1.807, 2.05) is 19.1 Å².